The van der Waals surface area contributed by atoms with E-state index < -0.39 is 0 Å². The average Bonchev–Trinajstić information content (AvgIpc) is 3.45. The molecule has 0 unspecified atom stereocenters. The highest BCUT2D eigenvalue weighted by Crippen LogP contribution is 2.24. The summed E-state index contributed by atoms with van der Waals surface area (Å²) in [5, 5.41) is 0. The number of anilines is 1. The molecule has 0 N–H and O–H groups in total. The highest BCUT2D eigenvalue weighted by Gasteiger charge is 2.14. The van der Waals surface area contributed by atoms with E-state index in [4.69, 9.17) is 9.72 Å². The van der Waals surface area contributed by atoms with E-state index in [9.17, 15) is 0 Å². The summed E-state index contributed by atoms with van der Waals surface area (Å²) in [5.41, 5.74) is 5.88. The van der Waals surface area contributed by atoms with Gasteiger partial charge in [-0.25, -0.2) is 4.98 Å². The maximum Gasteiger partial charge on any atom is 0.119 e. The number of likely N-dealkylation sites (tertiary alicyclic amines) is 1. The number of nitrogens with zero attached hydrogens (tertiary/aromatic N) is 5. The molecule has 1 aliphatic rings. The number of aromatic nitrogens is 3. The minimum Gasteiger partial charge on any atom is -0.497 e. The summed E-state index contributed by atoms with van der Waals surface area (Å²) in [6, 6.07) is 21.4. The lowest BCUT2D eigenvalue weighted by molar-refractivity contribution is 0.218. The molecule has 180 valence electrons. The van der Waals surface area contributed by atoms with Crippen LogP contribution >= 0.6 is 0 Å². The number of piperidine rings is 1. The molecule has 6 nitrogen and oxygen atoms in total. The Labute approximate surface area is 207 Å². The molecule has 3 heterocycles. The van der Waals surface area contributed by atoms with Crippen molar-refractivity contribution in [2.75, 3.05) is 25.1 Å². The summed E-state index contributed by atoms with van der Waals surface area (Å²) < 4.78 is 7.52. The summed E-state index contributed by atoms with van der Waals surface area (Å²) in [4.78, 5) is 13.8. The molecule has 5 rings (SSSR count). The number of hydrogen-bond acceptors (Lipinski definition) is 5. The van der Waals surface area contributed by atoms with Crippen LogP contribution in [0, 0.1) is 0 Å². The van der Waals surface area contributed by atoms with Crippen molar-refractivity contribution in [3.05, 3.63) is 102 Å². The lowest BCUT2D eigenvalue weighted by Gasteiger charge is -2.28. The first-order chi connectivity index (χ1) is 17.3. The van der Waals surface area contributed by atoms with Gasteiger partial charge in [0.15, 0.2) is 0 Å². The van der Waals surface area contributed by atoms with Gasteiger partial charge in [0.2, 0.25) is 0 Å². The third-order valence-electron chi connectivity index (χ3n) is 6.59. The van der Waals surface area contributed by atoms with Gasteiger partial charge in [-0.05, 0) is 73.5 Å². The fourth-order valence-corrected chi connectivity index (χ4v) is 4.77. The second-order valence-electron chi connectivity index (χ2n) is 9.19. The summed E-state index contributed by atoms with van der Waals surface area (Å²) in [7, 11) is 1.72. The van der Waals surface area contributed by atoms with Gasteiger partial charge in [0.05, 0.1) is 19.1 Å². The van der Waals surface area contributed by atoms with Crippen LogP contribution in [0.5, 0.6) is 5.75 Å². The minimum atomic E-state index is 0.777. The lowest BCUT2D eigenvalue weighted by atomic mass is 10.1. The van der Waals surface area contributed by atoms with E-state index in [2.05, 4.69) is 69.4 Å². The van der Waals surface area contributed by atoms with Crippen LogP contribution in [0.1, 0.15) is 36.1 Å². The van der Waals surface area contributed by atoms with Gasteiger partial charge in [-0.3, -0.25) is 9.88 Å². The van der Waals surface area contributed by atoms with Crippen LogP contribution in [0.2, 0.25) is 0 Å². The van der Waals surface area contributed by atoms with Crippen LogP contribution in [0.3, 0.4) is 0 Å². The van der Waals surface area contributed by atoms with Crippen molar-refractivity contribution in [2.45, 2.75) is 38.9 Å². The molecule has 2 aromatic carbocycles. The van der Waals surface area contributed by atoms with Gasteiger partial charge in [0.1, 0.15) is 5.75 Å². The van der Waals surface area contributed by atoms with E-state index >= 15 is 0 Å². The van der Waals surface area contributed by atoms with Crippen molar-refractivity contribution in [1.29, 1.82) is 0 Å². The SMILES string of the molecule is COc1cccc(CN(Cc2cccc(-n3ccnc3)c2)c2ccnc(CN3CCCCC3)c2)c1. The summed E-state index contributed by atoms with van der Waals surface area (Å²) in [6.45, 7) is 4.81. The topological polar surface area (TPSA) is 46.4 Å². The number of imidazole rings is 1. The van der Waals surface area contributed by atoms with Gasteiger partial charge in [-0.2, -0.15) is 0 Å². The molecular formula is C29H33N5O. The van der Waals surface area contributed by atoms with Crippen molar-refractivity contribution >= 4 is 5.69 Å². The smallest absolute Gasteiger partial charge is 0.119 e. The molecule has 35 heavy (non-hydrogen) atoms. The molecule has 6 heteroatoms. The molecule has 1 saturated heterocycles. The molecular weight excluding hydrogens is 434 g/mol. The molecule has 0 atom stereocenters. The van der Waals surface area contributed by atoms with Gasteiger partial charge in [-0.15, -0.1) is 0 Å². The van der Waals surface area contributed by atoms with Gasteiger partial charge in [0, 0.05) is 49.6 Å². The Bertz CT molecular complexity index is 1220. The lowest BCUT2D eigenvalue weighted by Crippen LogP contribution is -2.29. The minimum absolute atomic E-state index is 0.777. The number of benzene rings is 2. The summed E-state index contributed by atoms with van der Waals surface area (Å²) >= 11 is 0. The van der Waals surface area contributed by atoms with Gasteiger partial charge in [-0.1, -0.05) is 30.7 Å². The van der Waals surface area contributed by atoms with Crippen molar-refractivity contribution in [2.24, 2.45) is 0 Å². The Morgan fingerprint density at radius 3 is 2.46 bits per heavy atom. The third kappa shape index (κ3) is 6.08. The molecule has 0 aliphatic carbocycles. The maximum absolute atomic E-state index is 5.48. The molecule has 0 saturated carbocycles. The second kappa shape index (κ2) is 11.2. The zero-order chi connectivity index (χ0) is 23.9. The van der Waals surface area contributed by atoms with Crippen LogP contribution < -0.4 is 9.64 Å². The molecule has 0 bridgehead atoms. The van der Waals surface area contributed by atoms with E-state index in [1.54, 1.807) is 7.11 Å². The van der Waals surface area contributed by atoms with E-state index in [1.165, 1.54) is 49.2 Å². The van der Waals surface area contributed by atoms with Crippen molar-refractivity contribution < 1.29 is 4.74 Å². The first-order valence-electron chi connectivity index (χ1n) is 12.4. The van der Waals surface area contributed by atoms with Crippen LogP contribution in [0.4, 0.5) is 5.69 Å². The molecule has 0 amide bonds. The normalized spacial score (nSPS) is 14.1. The molecule has 2 aromatic heterocycles. The standard InChI is InChI=1S/C29H33N5O/c1-35-29-10-6-8-25(18-29)21-34(20-24-7-5-9-27(17-24)33-16-13-30-23-33)28-11-12-31-26(19-28)22-32-14-3-2-4-15-32/h5-13,16-19,23H,2-4,14-15,20-22H2,1H3. The van der Waals surface area contributed by atoms with Crippen LogP contribution in [0.25, 0.3) is 5.69 Å². The quantitative estimate of drug-likeness (QED) is 0.327. The Kier molecular flexibility index (Phi) is 7.39. The Balaban J connectivity index is 1.42. The monoisotopic (exact) mass is 467 g/mol. The fourth-order valence-electron chi connectivity index (χ4n) is 4.77. The summed E-state index contributed by atoms with van der Waals surface area (Å²) in [6.07, 6.45) is 11.5. The molecule has 1 aliphatic heterocycles. The average molecular weight is 468 g/mol. The van der Waals surface area contributed by atoms with E-state index in [1.807, 2.05) is 35.6 Å². The Morgan fingerprint density at radius 2 is 1.69 bits per heavy atom. The van der Waals surface area contributed by atoms with Gasteiger partial charge >= 0.3 is 0 Å². The van der Waals surface area contributed by atoms with Crippen molar-refractivity contribution in [3.63, 3.8) is 0 Å². The highest BCUT2D eigenvalue weighted by molar-refractivity contribution is 5.49. The largest absolute Gasteiger partial charge is 0.497 e. The predicted octanol–water partition coefficient (Wildman–Crippen LogP) is 5.47. The molecule has 0 spiro atoms. The maximum atomic E-state index is 5.48. The first-order valence-corrected chi connectivity index (χ1v) is 12.4. The number of rotatable bonds is 9. The Morgan fingerprint density at radius 1 is 0.886 bits per heavy atom. The van der Waals surface area contributed by atoms with Crippen LogP contribution in [0.15, 0.2) is 85.6 Å². The number of ether oxygens (including phenoxy) is 1. The molecule has 4 aromatic rings. The van der Waals surface area contributed by atoms with Crippen molar-refractivity contribution in [1.82, 2.24) is 19.4 Å². The highest BCUT2D eigenvalue weighted by atomic mass is 16.5. The van der Waals surface area contributed by atoms with Gasteiger partial charge < -0.3 is 14.2 Å². The number of methoxy groups -OCH3 is 1. The number of hydrogen-bond donors (Lipinski definition) is 0. The van der Waals surface area contributed by atoms with E-state index in [0.717, 1.165) is 36.8 Å². The fraction of sp³-hybridized carbons (Fsp3) is 0.310. The first kappa shape index (κ1) is 23.1. The predicted molar refractivity (Wildman–Crippen MR) is 140 cm³/mol. The van der Waals surface area contributed by atoms with Crippen LogP contribution in [-0.2, 0) is 19.6 Å². The molecule has 0 radical (unpaired) electrons. The van der Waals surface area contributed by atoms with Gasteiger partial charge in [0.25, 0.3) is 0 Å². The number of pyridine rings is 1. The zero-order valence-electron chi connectivity index (χ0n) is 20.4. The van der Waals surface area contributed by atoms with E-state index in [0.29, 0.717) is 0 Å². The van der Waals surface area contributed by atoms with Crippen LogP contribution in [-0.4, -0.2) is 39.6 Å². The molecule has 1 fully saturated rings. The summed E-state index contributed by atoms with van der Waals surface area (Å²) in [5.74, 6) is 0.880. The van der Waals surface area contributed by atoms with E-state index in [-0.39, 0.29) is 0 Å². The Hall–Kier alpha value is -3.64. The van der Waals surface area contributed by atoms with Crippen molar-refractivity contribution in [3.8, 4) is 11.4 Å². The zero-order valence-corrected chi connectivity index (χ0v) is 20.4. The second-order valence-corrected chi connectivity index (χ2v) is 9.19. The third-order valence-corrected chi connectivity index (χ3v) is 6.59.